The minimum atomic E-state index is 0.867. The second-order valence-electron chi connectivity index (χ2n) is 6.27. The Hall–Kier alpha value is -2.59. The first-order chi connectivity index (χ1) is 11.8. The summed E-state index contributed by atoms with van der Waals surface area (Å²) in [5, 5.41) is 4.31. The molecule has 1 aliphatic rings. The van der Waals surface area contributed by atoms with Gasteiger partial charge >= 0.3 is 0 Å². The first-order valence-electron chi connectivity index (χ1n) is 8.25. The van der Waals surface area contributed by atoms with Crippen LogP contribution in [-0.4, -0.2) is 23.1 Å². The maximum atomic E-state index is 5.57. The van der Waals surface area contributed by atoms with Crippen molar-refractivity contribution in [2.24, 2.45) is 0 Å². The van der Waals surface area contributed by atoms with Gasteiger partial charge in [-0.2, -0.15) is 0 Å². The Morgan fingerprint density at radius 1 is 1.21 bits per heavy atom. The topological polar surface area (TPSA) is 42.4 Å². The number of aromatic nitrogens is 1. The van der Waals surface area contributed by atoms with Gasteiger partial charge in [0.05, 0.1) is 6.26 Å². The summed E-state index contributed by atoms with van der Waals surface area (Å²) in [5.74, 6) is 1.93. The molecule has 3 aromatic rings. The summed E-state index contributed by atoms with van der Waals surface area (Å²) in [6.45, 7) is 4.91. The number of nitrogens with zero attached hydrogens (tertiary/aromatic N) is 2. The molecule has 1 aromatic carbocycles. The molecule has 0 spiro atoms. The quantitative estimate of drug-likeness (QED) is 0.715. The molecule has 0 saturated carbocycles. The highest BCUT2D eigenvalue weighted by atomic mass is 16.5. The molecule has 4 nitrogen and oxygen atoms in total. The minimum absolute atomic E-state index is 0.867. The molecule has 0 saturated heterocycles. The SMILES string of the molecule is C/C(=C\c1ccco1)CN1CCc2onc(-c3ccccc3)c2C1. The first-order valence-corrected chi connectivity index (χ1v) is 8.25. The molecule has 4 heteroatoms. The molecule has 4 rings (SSSR count). The smallest absolute Gasteiger partial charge is 0.143 e. The van der Waals surface area contributed by atoms with Gasteiger partial charge in [0, 0.05) is 37.2 Å². The summed E-state index contributed by atoms with van der Waals surface area (Å²) in [6, 6.07) is 14.1. The van der Waals surface area contributed by atoms with Crippen LogP contribution in [0, 0.1) is 0 Å². The Balaban J connectivity index is 1.52. The van der Waals surface area contributed by atoms with Crippen LogP contribution in [0.5, 0.6) is 0 Å². The predicted molar refractivity (Wildman–Crippen MR) is 93.3 cm³/mol. The van der Waals surface area contributed by atoms with Crippen LogP contribution < -0.4 is 0 Å². The Bertz CT molecular complexity index is 832. The zero-order chi connectivity index (χ0) is 16.4. The van der Waals surface area contributed by atoms with Crippen molar-refractivity contribution in [1.29, 1.82) is 0 Å². The van der Waals surface area contributed by atoms with Crippen LogP contribution in [-0.2, 0) is 13.0 Å². The molecule has 24 heavy (non-hydrogen) atoms. The molecule has 122 valence electrons. The third kappa shape index (κ3) is 3.05. The Morgan fingerprint density at radius 3 is 2.88 bits per heavy atom. The van der Waals surface area contributed by atoms with E-state index in [0.29, 0.717) is 0 Å². The number of furan rings is 1. The van der Waals surface area contributed by atoms with Crippen molar-refractivity contribution in [3.63, 3.8) is 0 Å². The zero-order valence-electron chi connectivity index (χ0n) is 13.7. The van der Waals surface area contributed by atoms with Gasteiger partial charge in [-0.25, -0.2) is 0 Å². The van der Waals surface area contributed by atoms with Crippen molar-refractivity contribution in [2.45, 2.75) is 19.9 Å². The van der Waals surface area contributed by atoms with Gasteiger partial charge in [0.2, 0.25) is 0 Å². The summed E-state index contributed by atoms with van der Waals surface area (Å²) in [5.41, 5.74) is 4.60. The number of hydrogen-bond donors (Lipinski definition) is 0. The van der Waals surface area contributed by atoms with Crippen LogP contribution >= 0.6 is 0 Å². The molecule has 0 amide bonds. The van der Waals surface area contributed by atoms with Gasteiger partial charge in [-0.3, -0.25) is 4.90 Å². The predicted octanol–water partition coefficient (Wildman–Crippen LogP) is 4.40. The molecular weight excluding hydrogens is 300 g/mol. The minimum Gasteiger partial charge on any atom is -0.465 e. The summed E-state index contributed by atoms with van der Waals surface area (Å²) in [6.07, 6.45) is 4.71. The highest BCUT2D eigenvalue weighted by Gasteiger charge is 2.24. The lowest BCUT2D eigenvalue weighted by atomic mass is 10.0. The van der Waals surface area contributed by atoms with Crippen LogP contribution in [0.3, 0.4) is 0 Å². The van der Waals surface area contributed by atoms with Gasteiger partial charge in [-0.05, 0) is 25.1 Å². The summed E-state index contributed by atoms with van der Waals surface area (Å²) in [7, 11) is 0. The fourth-order valence-electron chi connectivity index (χ4n) is 3.24. The molecule has 3 heterocycles. The molecule has 0 N–H and O–H groups in total. The van der Waals surface area contributed by atoms with Gasteiger partial charge in [0.1, 0.15) is 17.2 Å². The van der Waals surface area contributed by atoms with E-state index in [-0.39, 0.29) is 0 Å². The fourth-order valence-corrected chi connectivity index (χ4v) is 3.24. The monoisotopic (exact) mass is 320 g/mol. The van der Waals surface area contributed by atoms with E-state index in [1.807, 2.05) is 30.3 Å². The average Bonchev–Trinajstić information content (AvgIpc) is 3.25. The molecule has 0 bridgehead atoms. The van der Waals surface area contributed by atoms with E-state index < -0.39 is 0 Å². The Labute approximate surface area is 141 Å². The molecule has 0 radical (unpaired) electrons. The van der Waals surface area contributed by atoms with E-state index in [1.54, 1.807) is 6.26 Å². The van der Waals surface area contributed by atoms with Crippen LogP contribution in [0.4, 0.5) is 0 Å². The molecule has 2 aromatic heterocycles. The van der Waals surface area contributed by atoms with Gasteiger partial charge in [-0.15, -0.1) is 0 Å². The van der Waals surface area contributed by atoms with Crippen molar-refractivity contribution >= 4 is 6.08 Å². The average molecular weight is 320 g/mol. The Morgan fingerprint density at radius 2 is 2.08 bits per heavy atom. The summed E-state index contributed by atoms with van der Waals surface area (Å²) < 4.78 is 11.0. The van der Waals surface area contributed by atoms with Crippen molar-refractivity contribution in [3.8, 4) is 11.3 Å². The van der Waals surface area contributed by atoms with Crippen LogP contribution in [0.2, 0.25) is 0 Å². The second-order valence-corrected chi connectivity index (χ2v) is 6.27. The molecule has 0 unspecified atom stereocenters. The van der Waals surface area contributed by atoms with Crippen LogP contribution in [0.15, 0.2) is 63.2 Å². The highest BCUT2D eigenvalue weighted by molar-refractivity contribution is 5.63. The lowest BCUT2D eigenvalue weighted by Crippen LogP contribution is -2.31. The van der Waals surface area contributed by atoms with Gasteiger partial charge in [0.25, 0.3) is 0 Å². The first kappa shape index (κ1) is 15.0. The van der Waals surface area contributed by atoms with E-state index in [2.05, 4.69) is 35.2 Å². The van der Waals surface area contributed by atoms with Crippen molar-refractivity contribution < 1.29 is 8.94 Å². The third-order valence-corrected chi connectivity index (χ3v) is 4.36. The molecule has 0 atom stereocenters. The molecular formula is C20H20N2O2. The summed E-state index contributed by atoms with van der Waals surface area (Å²) >= 11 is 0. The van der Waals surface area contributed by atoms with Gasteiger partial charge in [-0.1, -0.05) is 41.1 Å². The highest BCUT2D eigenvalue weighted by Crippen LogP contribution is 2.30. The zero-order valence-corrected chi connectivity index (χ0v) is 13.7. The van der Waals surface area contributed by atoms with Crippen molar-refractivity contribution in [1.82, 2.24) is 10.1 Å². The van der Waals surface area contributed by atoms with Crippen LogP contribution in [0.25, 0.3) is 17.3 Å². The van der Waals surface area contributed by atoms with E-state index in [0.717, 1.165) is 48.8 Å². The lowest BCUT2D eigenvalue weighted by Gasteiger charge is -2.26. The largest absolute Gasteiger partial charge is 0.465 e. The van der Waals surface area contributed by atoms with Gasteiger partial charge in [0.15, 0.2) is 0 Å². The standard InChI is InChI=1S/C20H20N2O2/c1-15(12-17-8-5-11-23-17)13-22-10-9-19-18(14-22)20(21-24-19)16-6-3-2-4-7-16/h2-8,11-12H,9-10,13-14H2,1H3/b15-12+. The second kappa shape index (κ2) is 6.49. The maximum Gasteiger partial charge on any atom is 0.143 e. The summed E-state index contributed by atoms with van der Waals surface area (Å²) in [4.78, 5) is 2.43. The Kier molecular flexibility index (Phi) is 4.05. The molecule has 1 aliphatic heterocycles. The van der Waals surface area contributed by atoms with E-state index in [9.17, 15) is 0 Å². The lowest BCUT2D eigenvalue weighted by molar-refractivity contribution is 0.254. The van der Waals surface area contributed by atoms with E-state index in [1.165, 1.54) is 11.1 Å². The van der Waals surface area contributed by atoms with Crippen molar-refractivity contribution in [3.05, 3.63) is 71.4 Å². The van der Waals surface area contributed by atoms with Gasteiger partial charge < -0.3 is 8.94 Å². The third-order valence-electron chi connectivity index (χ3n) is 4.36. The number of fused-ring (bicyclic) bond motifs is 1. The van der Waals surface area contributed by atoms with Crippen LogP contribution in [0.1, 0.15) is 24.0 Å². The fraction of sp³-hybridized carbons (Fsp3) is 0.250. The normalized spacial score (nSPS) is 15.5. The molecule has 0 fully saturated rings. The number of hydrogen-bond acceptors (Lipinski definition) is 4. The number of benzene rings is 1. The van der Waals surface area contributed by atoms with E-state index in [4.69, 9.17) is 8.94 Å². The van der Waals surface area contributed by atoms with E-state index >= 15 is 0 Å². The molecule has 0 aliphatic carbocycles. The maximum absolute atomic E-state index is 5.57. The van der Waals surface area contributed by atoms with Crippen molar-refractivity contribution in [2.75, 3.05) is 13.1 Å². The number of rotatable bonds is 4.